The van der Waals surface area contributed by atoms with Crippen molar-refractivity contribution < 1.29 is 0 Å². The number of nitriles is 1. The van der Waals surface area contributed by atoms with E-state index in [1.165, 1.54) is 0 Å². The summed E-state index contributed by atoms with van der Waals surface area (Å²) in [6, 6.07) is 7.27. The molecule has 0 aliphatic carbocycles. The molecule has 70 valence electrons. The summed E-state index contributed by atoms with van der Waals surface area (Å²) in [5.41, 5.74) is 7.19. The smallest absolute Gasteiger partial charge is 0.103 e. The first-order chi connectivity index (χ1) is 6.79. The van der Waals surface area contributed by atoms with Crippen LogP contribution in [-0.4, -0.2) is 5.88 Å². The first-order valence-corrected chi connectivity index (χ1v) is 4.66. The van der Waals surface area contributed by atoms with Gasteiger partial charge in [-0.05, 0) is 12.1 Å². The third-order valence-corrected chi connectivity index (χ3v) is 1.84. The molecule has 0 aliphatic rings. The van der Waals surface area contributed by atoms with Crippen LogP contribution < -0.4 is 5.73 Å². The number of rotatable bonds is 1. The van der Waals surface area contributed by atoms with Crippen molar-refractivity contribution >= 4 is 17.3 Å². The molecule has 0 spiro atoms. The van der Waals surface area contributed by atoms with Crippen LogP contribution in [0.5, 0.6) is 0 Å². The Morgan fingerprint density at radius 1 is 1.43 bits per heavy atom. The van der Waals surface area contributed by atoms with Crippen LogP contribution in [0.1, 0.15) is 17.5 Å². The molecule has 3 heteroatoms. The van der Waals surface area contributed by atoms with Gasteiger partial charge in [0.05, 0.1) is 11.3 Å². The first kappa shape index (κ1) is 10.4. The molecule has 1 rings (SSSR count). The molecule has 2 nitrogen and oxygen atoms in total. The van der Waals surface area contributed by atoms with E-state index in [2.05, 4.69) is 11.8 Å². The van der Waals surface area contributed by atoms with Gasteiger partial charge in [0.2, 0.25) is 0 Å². The number of halogens is 1. The maximum atomic E-state index is 8.83. The predicted molar refractivity (Wildman–Crippen MR) is 57.8 cm³/mol. The molecule has 0 saturated heterocycles. The molecular formula is C11H9ClN2. The van der Waals surface area contributed by atoms with Crippen molar-refractivity contribution in [2.75, 3.05) is 11.6 Å². The van der Waals surface area contributed by atoms with Crippen LogP contribution in [0.3, 0.4) is 0 Å². The van der Waals surface area contributed by atoms with E-state index in [9.17, 15) is 0 Å². The minimum Gasteiger partial charge on any atom is -0.398 e. The third-order valence-electron chi connectivity index (χ3n) is 1.65. The second-order valence-electron chi connectivity index (χ2n) is 2.62. The second kappa shape index (κ2) is 5.17. The van der Waals surface area contributed by atoms with Gasteiger partial charge in [-0.1, -0.05) is 17.9 Å². The summed E-state index contributed by atoms with van der Waals surface area (Å²) < 4.78 is 0. The van der Waals surface area contributed by atoms with E-state index in [1.54, 1.807) is 18.2 Å². The summed E-state index contributed by atoms with van der Waals surface area (Å²) in [5, 5.41) is 8.83. The zero-order chi connectivity index (χ0) is 10.4. The summed E-state index contributed by atoms with van der Waals surface area (Å²) in [5.74, 6) is 6.23. The van der Waals surface area contributed by atoms with E-state index >= 15 is 0 Å². The SMILES string of the molecule is N#Cc1c(N)cccc1C#CCCCl. The van der Waals surface area contributed by atoms with Crippen molar-refractivity contribution in [1.82, 2.24) is 0 Å². The van der Waals surface area contributed by atoms with Crippen LogP contribution in [0.15, 0.2) is 18.2 Å². The Morgan fingerprint density at radius 3 is 2.86 bits per heavy atom. The van der Waals surface area contributed by atoms with Gasteiger partial charge in [-0.25, -0.2) is 0 Å². The fourth-order valence-corrected chi connectivity index (χ4v) is 1.10. The number of nitrogens with zero attached hydrogens (tertiary/aromatic N) is 1. The van der Waals surface area contributed by atoms with Gasteiger partial charge in [0.15, 0.2) is 0 Å². The molecule has 0 aliphatic heterocycles. The van der Waals surface area contributed by atoms with Crippen molar-refractivity contribution in [3.63, 3.8) is 0 Å². The van der Waals surface area contributed by atoms with Crippen molar-refractivity contribution in [3.05, 3.63) is 29.3 Å². The lowest BCUT2D eigenvalue weighted by Crippen LogP contribution is -1.92. The number of anilines is 1. The Labute approximate surface area is 88.3 Å². The Morgan fingerprint density at radius 2 is 2.21 bits per heavy atom. The topological polar surface area (TPSA) is 49.8 Å². The highest BCUT2D eigenvalue weighted by molar-refractivity contribution is 6.18. The molecule has 0 bridgehead atoms. The Bertz CT molecular complexity index is 421. The van der Waals surface area contributed by atoms with Crippen LogP contribution in [0.2, 0.25) is 0 Å². The van der Waals surface area contributed by atoms with Crippen LogP contribution in [0.4, 0.5) is 5.69 Å². The lowest BCUT2D eigenvalue weighted by atomic mass is 10.1. The fraction of sp³-hybridized carbons (Fsp3) is 0.182. The minimum atomic E-state index is 0.439. The molecule has 0 saturated carbocycles. The van der Waals surface area contributed by atoms with Gasteiger partial charge in [0.25, 0.3) is 0 Å². The van der Waals surface area contributed by atoms with Gasteiger partial charge in [0, 0.05) is 17.9 Å². The number of alkyl halides is 1. The summed E-state index contributed by atoms with van der Waals surface area (Å²) in [7, 11) is 0. The maximum Gasteiger partial charge on any atom is 0.103 e. The molecule has 0 amide bonds. The van der Waals surface area contributed by atoms with Crippen molar-refractivity contribution in [3.8, 4) is 17.9 Å². The van der Waals surface area contributed by atoms with Gasteiger partial charge >= 0.3 is 0 Å². The highest BCUT2D eigenvalue weighted by atomic mass is 35.5. The van der Waals surface area contributed by atoms with E-state index in [0.717, 1.165) is 0 Å². The molecule has 1 aromatic rings. The molecule has 1 aromatic carbocycles. The molecule has 0 radical (unpaired) electrons. The normalized spacial score (nSPS) is 8.57. The summed E-state index contributed by atoms with van der Waals surface area (Å²) in [4.78, 5) is 0. The molecule has 14 heavy (non-hydrogen) atoms. The van der Waals surface area contributed by atoms with Gasteiger partial charge < -0.3 is 5.73 Å². The summed E-state index contributed by atoms with van der Waals surface area (Å²) >= 11 is 5.48. The standard InChI is InChI=1S/C11H9ClN2/c12-7-2-1-4-9-5-3-6-11(14)10(9)8-13/h3,5-6H,2,7,14H2. The molecule has 0 heterocycles. The van der Waals surface area contributed by atoms with Gasteiger partial charge in [-0.2, -0.15) is 5.26 Å². The zero-order valence-electron chi connectivity index (χ0n) is 7.55. The molecule has 0 unspecified atom stereocenters. The average Bonchev–Trinajstić information content (AvgIpc) is 2.18. The molecule has 0 fully saturated rings. The van der Waals surface area contributed by atoms with Crippen molar-refractivity contribution in [1.29, 1.82) is 5.26 Å². The first-order valence-electron chi connectivity index (χ1n) is 4.13. The largest absolute Gasteiger partial charge is 0.398 e. The van der Waals surface area contributed by atoms with E-state index in [0.29, 0.717) is 29.1 Å². The van der Waals surface area contributed by atoms with Crippen LogP contribution in [0, 0.1) is 23.2 Å². The Balaban J connectivity index is 3.06. The van der Waals surface area contributed by atoms with Crippen LogP contribution >= 0.6 is 11.6 Å². The number of benzene rings is 1. The van der Waals surface area contributed by atoms with Gasteiger partial charge in [0.1, 0.15) is 6.07 Å². The third kappa shape index (κ3) is 2.42. The number of nitrogen functional groups attached to an aromatic ring is 1. The van der Waals surface area contributed by atoms with Crippen molar-refractivity contribution in [2.45, 2.75) is 6.42 Å². The summed E-state index contributed by atoms with van der Waals surface area (Å²) in [6.45, 7) is 0. The molecule has 0 atom stereocenters. The monoisotopic (exact) mass is 204 g/mol. The quantitative estimate of drug-likeness (QED) is 0.433. The highest BCUT2D eigenvalue weighted by Crippen LogP contribution is 2.14. The lowest BCUT2D eigenvalue weighted by molar-refractivity contribution is 1.29. The number of hydrogen-bond donors (Lipinski definition) is 1. The predicted octanol–water partition coefficient (Wildman–Crippen LogP) is 2.12. The van der Waals surface area contributed by atoms with Crippen LogP contribution in [-0.2, 0) is 0 Å². The minimum absolute atomic E-state index is 0.439. The van der Waals surface area contributed by atoms with Crippen molar-refractivity contribution in [2.24, 2.45) is 0 Å². The van der Waals surface area contributed by atoms with Gasteiger partial charge in [-0.3, -0.25) is 0 Å². The number of hydrogen-bond acceptors (Lipinski definition) is 2. The fourth-order valence-electron chi connectivity index (χ4n) is 1.00. The molecule has 0 aromatic heterocycles. The van der Waals surface area contributed by atoms with Crippen LogP contribution in [0.25, 0.3) is 0 Å². The highest BCUT2D eigenvalue weighted by Gasteiger charge is 2.01. The van der Waals surface area contributed by atoms with E-state index < -0.39 is 0 Å². The van der Waals surface area contributed by atoms with E-state index in [-0.39, 0.29) is 0 Å². The summed E-state index contributed by atoms with van der Waals surface area (Å²) in [6.07, 6.45) is 0.612. The maximum absolute atomic E-state index is 8.83. The zero-order valence-corrected chi connectivity index (χ0v) is 8.30. The second-order valence-corrected chi connectivity index (χ2v) is 3.00. The van der Waals surface area contributed by atoms with Gasteiger partial charge in [-0.15, -0.1) is 11.6 Å². The van der Waals surface area contributed by atoms with E-state index in [1.807, 2.05) is 6.07 Å². The Kier molecular flexibility index (Phi) is 3.85. The van der Waals surface area contributed by atoms with E-state index in [4.69, 9.17) is 22.6 Å². The Hall–Kier alpha value is -1.64. The lowest BCUT2D eigenvalue weighted by Gasteiger charge is -1.98. The molecular weight excluding hydrogens is 196 g/mol. The average molecular weight is 205 g/mol. The molecule has 2 N–H and O–H groups in total. The number of nitrogens with two attached hydrogens (primary N) is 1.